The second-order valence-corrected chi connectivity index (χ2v) is 12.0. The summed E-state index contributed by atoms with van der Waals surface area (Å²) in [5.41, 5.74) is 0.765. The molecule has 1 aliphatic rings. The molecule has 2 aromatic heterocycles. The Hall–Kier alpha value is -4.23. The fourth-order valence-corrected chi connectivity index (χ4v) is 6.78. The van der Waals surface area contributed by atoms with Crippen LogP contribution >= 0.6 is 11.3 Å². The lowest BCUT2D eigenvalue weighted by molar-refractivity contribution is -0.275. The molecule has 1 atom stereocenters. The highest BCUT2D eigenvalue weighted by Crippen LogP contribution is 2.31. The van der Waals surface area contributed by atoms with Crippen LogP contribution in [0.15, 0.2) is 65.8 Å². The number of nitrogens with one attached hydrogen (secondary N) is 1. The molecule has 11 nitrogen and oxygen atoms in total. The van der Waals surface area contributed by atoms with Crippen LogP contribution < -0.4 is 19.7 Å². The van der Waals surface area contributed by atoms with Crippen LogP contribution in [0.25, 0.3) is 10.5 Å². The number of hydrogen-bond donors (Lipinski definition) is 1. The van der Waals surface area contributed by atoms with Gasteiger partial charge in [-0.15, -0.1) is 26.3 Å². The lowest BCUT2D eigenvalue weighted by atomic mass is 10.1. The van der Waals surface area contributed by atoms with Crippen LogP contribution in [0.3, 0.4) is 0 Å². The van der Waals surface area contributed by atoms with Crippen LogP contribution in [0.1, 0.15) is 5.56 Å². The summed E-state index contributed by atoms with van der Waals surface area (Å²) in [5, 5.41) is 3.04. The van der Waals surface area contributed by atoms with Crippen LogP contribution in [-0.4, -0.2) is 72.0 Å². The van der Waals surface area contributed by atoms with Gasteiger partial charge in [-0.05, 0) is 42.0 Å². The zero-order valence-electron chi connectivity index (χ0n) is 22.0. The number of ether oxygens (including phenoxy) is 2. The van der Waals surface area contributed by atoms with Gasteiger partial charge in [0.2, 0.25) is 15.9 Å². The standard InChI is InChI=1S/C25H20F6N6O5S2/c26-24(27,28)41-16-3-1-15(2-4-16)13-34-21(38)19-14-36(23-35-20-22(43-23)33-10-9-32-20)11-12-37(19)44(39,40)18-7-5-17(6-8-18)42-25(29,30)31/h1-10,19H,11-14H2,(H,34,38)/t19-/m1/s1. The van der Waals surface area contributed by atoms with Crippen molar-refractivity contribution in [1.29, 1.82) is 0 Å². The smallest absolute Gasteiger partial charge is 0.406 e. The summed E-state index contributed by atoms with van der Waals surface area (Å²) in [6.07, 6.45) is -6.91. The third-order valence-electron chi connectivity index (χ3n) is 6.23. The highest BCUT2D eigenvalue weighted by Gasteiger charge is 2.41. The lowest BCUT2D eigenvalue weighted by Gasteiger charge is -2.39. The number of benzene rings is 2. The van der Waals surface area contributed by atoms with E-state index in [1.807, 2.05) is 0 Å². The molecule has 0 spiro atoms. The number of hydrogen-bond acceptors (Lipinski definition) is 10. The SMILES string of the molecule is O=C(NCc1ccc(OC(F)(F)F)cc1)[C@H]1CN(c2nc3nccnc3s2)CCN1S(=O)(=O)c1ccc(OC(F)(F)F)cc1. The molecule has 2 aromatic carbocycles. The minimum Gasteiger partial charge on any atom is -0.406 e. The zero-order valence-corrected chi connectivity index (χ0v) is 23.7. The third kappa shape index (κ3) is 7.45. The second kappa shape index (κ2) is 12.0. The van der Waals surface area contributed by atoms with Gasteiger partial charge >= 0.3 is 12.7 Å². The molecular formula is C25H20F6N6O5S2. The fourth-order valence-electron chi connectivity index (χ4n) is 4.31. The van der Waals surface area contributed by atoms with Crippen LogP contribution in [0.2, 0.25) is 0 Å². The number of nitrogens with zero attached hydrogens (tertiary/aromatic N) is 5. The summed E-state index contributed by atoms with van der Waals surface area (Å²) in [7, 11) is -4.41. The Kier molecular flexibility index (Phi) is 8.54. The normalized spacial score (nSPS) is 16.6. The number of carbonyl (C=O) groups is 1. The van der Waals surface area contributed by atoms with E-state index in [2.05, 4.69) is 29.7 Å². The van der Waals surface area contributed by atoms with Crippen molar-refractivity contribution in [2.45, 2.75) is 30.2 Å². The number of fused-ring (bicyclic) bond motifs is 1. The number of aromatic nitrogens is 3. The van der Waals surface area contributed by atoms with Crippen molar-refractivity contribution in [1.82, 2.24) is 24.6 Å². The third-order valence-corrected chi connectivity index (χ3v) is 9.16. The van der Waals surface area contributed by atoms with Gasteiger partial charge in [-0.2, -0.15) is 9.29 Å². The lowest BCUT2D eigenvalue weighted by Crippen LogP contribution is -2.60. The van der Waals surface area contributed by atoms with Crippen molar-refractivity contribution < 1.29 is 49.0 Å². The molecule has 44 heavy (non-hydrogen) atoms. The molecule has 0 bridgehead atoms. The first kappa shape index (κ1) is 31.2. The van der Waals surface area contributed by atoms with E-state index in [0.29, 0.717) is 21.2 Å². The first-order valence-electron chi connectivity index (χ1n) is 12.5. The largest absolute Gasteiger partial charge is 0.573 e. The molecule has 5 rings (SSSR count). The molecule has 19 heteroatoms. The number of halogens is 6. The molecule has 1 amide bonds. The van der Waals surface area contributed by atoms with Gasteiger partial charge in [0.15, 0.2) is 15.6 Å². The summed E-state index contributed by atoms with van der Waals surface area (Å²) < 4.78 is 111. The summed E-state index contributed by atoms with van der Waals surface area (Å²) in [4.78, 5) is 28.1. The fraction of sp³-hybridized carbons (Fsp3) is 0.280. The summed E-state index contributed by atoms with van der Waals surface area (Å²) in [6.45, 7) is -0.396. The molecule has 1 fully saturated rings. The van der Waals surface area contributed by atoms with Crippen molar-refractivity contribution in [3.8, 4) is 11.5 Å². The number of anilines is 1. The van der Waals surface area contributed by atoms with E-state index in [4.69, 9.17) is 0 Å². The maximum atomic E-state index is 13.6. The van der Waals surface area contributed by atoms with E-state index in [9.17, 15) is 39.6 Å². The molecule has 1 saturated heterocycles. The number of piperazine rings is 1. The number of alkyl halides is 6. The van der Waals surface area contributed by atoms with Crippen LogP contribution in [0.4, 0.5) is 31.5 Å². The van der Waals surface area contributed by atoms with Crippen LogP contribution in [0, 0.1) is 0 Å². The Morgan fingerprint density at radius 3 is 2.09 bits per heavy atom. The van der Waals surface area contributed by atoms with Crippen LogP contribution in [-0.2, 0) is 21.4 Å². The van der Waals surface area contributed by atoms with Crippen LogP contribution in [0.5, 0.6) is 11.5 Å². The summed E-state index contributed by atoms with van der Waals surface area (Å²) in [5.74, 6) is -1.82. The van der Waals surface area contributed by atoms with Crippen molar-refractivity contribution in [3.63, 3.8) is 0 Å². The van der Waals surface area contributed by atoms with Crippen molar-refractivity contribution in [3.05, 3.63) is 66.5 Å². The maximum absolute atomic E-state index is 13.6. The van der Waals surface area contributed by atoms with E-state index in [1.54, 1.807) is 4.90 Å². The Morgan fingerprint density at radius 2 is 1.50 bits per heavy atom. The van der Waals surface area contributed by atoms with E-state index < -0.39 is 46.2 Å². The van der Waals surface area contributed by atoms with Gasteiger partial charge in [0, 0.05) is 38.6 Å². The van der Waals surface area contributed by atoms with Crippen molar-refractivity contribution in [2.75, 3.05) is 24.5 Å². The predicted octanol–water partition coefficient (Wildman–Crippen LogP) is 4.08. The molecule has 1 N–H and O–H groups in total. The Balaban J connectivity index is 1.37. The first-order chi connectivity index (χ1) is 20.7. The van der Waals surface area contributed by atoms with Gasteiger partial charge in [-0.25, -0.2) is 18.4 Å². The molecule has 234 valence electrons. The minimum absolute atomic E-state index is 0.110. The van der Waals surface area contributed by atoms with E-state index >= 15 is 0 Å². The van der Waals surface area contributed by atoms with Crippen molar-refractivity contribution >= 4 is 42.9 Å². The number of amides is 1. The molecule has 3 heterocycles. The monoisotopic (exact) mass is 662 g/mol. The molecule has 0 saturated carbocycles. The predicted molar refractivity (Wildman–Crippen MR) is 143 cm³/mol. The van der Waals surface area contributed by atoms with Crippen molar-refractivity contribution in [2.24, 2.45) is 0 Å². The summed E-state index contributed by atoms with van der Waals surface area (Å²) in [6, 6.07) is 6.97. The quantitative estimate of drug-likeness (QED) is 0.278. The molecule has 0 unspecified atom stereocenters. The Bertz CT molecular complexity index is 1700. The highest BCUT2D eigenvalue weighted by atomic mass is 32.2. The molecule has 0 aliphatic carbocycles. The molecule has 0 radical (unpaired) electrons. The Labute approximate surface area is 249 Å². The van der Waals surface area contributed by atoms with Gasteiger partial charge in [-0.1, -0.05) is 23.5 Å². The van der Waals surface area contributed by atoms with E-state index in [0.717, 1.165) is 40.7 Å². The van der Waals surface area contributed by atoms with E-state index in [-0.39, 0.29) is 31.1 Å². The molecule has 1 aliphatic heterocycles. The molecular weight excluding hydrogens is 642 g/mol. The topological polar surface area (TPSA) is 127 Å². The minimum atomic E-state index is -4.97. The second-order valence-electron chi connectivity index (χ2n) is 9.19. The van der Waals surface area contributed by atoms with Gasteiger partial charge in [-0.3, -0.25) is 4.79 Å². The van der Waals surface area contributed by atoms with Gasteiger partial charge in [0.1, 0.15) is 17.5 Å². The zero-order chi connectivity index (χ0) is 31.7. The van der Waals surface area contributed by atoms with Gasteiger partial charge in [0.25, 0.3) is 0 Å². The Morgan fingerprint density at radius 1 is 0.909 bits per heavy atom. The molecule has 4 aromatic rings. The highest BCUT2D eigenvalue weighted by molar-refractivity contribution is 7.89. The summed E-state index contributed by atoms with van der Waals surface area (Å²) >= 11 is 1.19. The number of rotatable bonds is 8. The first-order valence-corrected chi connectivity index (χ1v) is 14.8. The number of thiazole rings is 1. The average molecular weight is 663 g/mol. The number of carbonyl (C=O) groups excluding carboxylic acids is 1. The van der Waals surface area contributed by atoms with E-state index in [1.165, 1.54) is 35.9 Å². The van der Waals surface area contributed by atoms with Gasteiger partial charge in [0.05, 0.1) is 4.90 Å². The average Bonchev–Trinajstić information content (AvgIpc) is 3.39. The number of sulfonamides is 1. The van der Waals surface area contributed by atoms with Gasteiger partial charge < -0.3 is 19.7 Å². The maximum Gasteiger partial charge on any atom is 0.573 e.